The van der Waals surface area contributed by atoms with Gasteiger partial charge in [0.15, 0.2) is 0 Å². The summed E-state index contributed by atoms with van der Waals surface area (Å²) in [4.78, 5) is 0. The van der Waals surface area contributed by atoms with Crippen LogP contribution in [0.2, 0.25) is 0 Å². The van der Waals surface area contributed by atoms with Crippen LogP contribution in [0.5, 0.6) is 0 Å². The van der Waals surface area contributed by atoms with E-state index in [9.17, 15) is 0 Å². The molecule has 0 saturated carbocycles. The number of unbranched alkanes of at least 4 members (excludes halogenated alkanes) is 1. The molecule has 1 rings (SSSR count). The minimum Gasteiger partial charge on any atom is -0.358 e. The number of allylic oxidation sites excluding steroid dienone is 4. The molecule has 0 amide bonds. The maximum absolute atomic E-state index is 3.60. The van der Waals surface area contributed by atoms with Crippen molar-refractivity contribution in [1.29, 1.82) is 0 Å². The van der Waals surface area contributed by atoms with Gasteiger partial charge >= 0.3 is 25.8 Å². The molecular formula is C11H20Hf. The Morgan fingerprint density at radius 2 is 1.92 bits per heavy atom. The smallest absolute Gasteiger partial charge is 0.358 e. The van der Waals surface area contributed by atoms with E-state index in [4.69, 9.17) is 0 Å². The van der Waals surface area contributed by atoms with Crippen LogP contribution in [-0.2, 0) is 25.8 Å². The van der Waals surface area contributed by atoms with E-state index in [1.807, 2.05) is 12.2 Å². The molecule has 0 saturated heterocycles. The number of rotatable bonds is 1. The Morgan fingerprint density at radius 3 is 2.00 bits per heavy atom. The molecule has 0 aromatic heterocycles. The summed E-state index contributed by atoms with van der Waals surface area (Å²) in [6, 6.07) is 0. The second kappa shape index (κ2) is 22.5. The van der Waals surface area contributed by atoms with E-state index in [0.717, 1.165) is 12.8 Å². The van der Waals surface area contributed by atoms with Crippen LogP contribution in [0.4, 0.5) is 0 Å². The molecule has 0 fully saturated rings. The Balaban J connectivity index is -0.0000000436. The van der Waals surface area contributed by atoms with Crippen LogP contribution in [0.1, 0.15) is 26.2 Å². The maximum Gasteiger partial charge on any atom is 4.00 e. The van der Waals surface area contributed by atoms with Gasteiger partial charge in [-0.15, -0.1) is 6.42 Å². The zero-order chi connectivity index (χ0) is 6.95. The van der Waals surface area contributed by atoms with Crippen LogP contribution >= 0.6 is 0 Å². The summed E-state index contributed by atoms with van der Waals surface area (Å²) in [6.45, 7) is 5.72. The molecule has 12 heavy (non-hydrogen) atoms. The zero-order valence-electron chi connectivity index (χ0n) is 8.56. The first kappa shape index (κ1) is 22.8. The molecule has 0 aliphatic heterocycles. The summed E-state index contributed by atoms with van der Waals surface area (Å²) in [6.07, 6.45) is 12.3. The minimum absolute atomic E-state index is 0. The van der Waals surface area contributed by atoms with Crippen molar-refractivity contribution in [2.45, 2.75) is 26.2 Å². The Morgan fingerprint density at radius 1 is 1.42 bits per heavy atom. The van der Waals surface area contributed by atoms with Crippen LogP contribution < -0.4 is 0 Å². The van der Waals surface area contributed by atoms with Gasteiger partial charge in [-0.2, -0.15) is 12.5 Å². The van der Waals surface area contributed by atoms with E-state index in [-0.39, 0.29) is 40.7 Å². The standard InChI is InChI=1S/C5H5.C4H9.2CH3.Hf/c1-2-4-5-3-1;1-3-4-2;;;/h1-3H,4H2;1,3-4H2,2H3;2*1H3;/q4*-1;+4. The maximum atomic E-state index is 3.60. The van der Waals surface area contributed by atoms with Crippen LogP contribution in [0.25, 0.3) is 0 Å². The largest absolute Gasteiger partial charge is 4.00 e. The molecule has 0 aromatic carbocycles. The van der Waals surface area contributed by atoms with Crippen LogP contribution in [0, 0.1) is 27.9 Å². The SMILES string of the molecule is [C-]1=CC=CC1.[CH2-]CCC.[CH3-].[CH3-].[Hf+4]. The quantitative estimate of drug-likeness (QED) is 0.506. The molecule has 68 valence electrons. The molecule has 1 aliphatic rings. The monoisotopic (exact) mass is 332 g/mol. The fourth-order valence-electron chi connectivity index (χ4n) is 0.340. The summed E-state index contributed by atoms with van der Waals surface area (Å²) in [5.74, 6) is 0. The van der Waals surface area contributed by atoms with Gasteiger partial charge in [-0.05, 0) is 0 Å². The average molecular weight is 331 g/mol. The van der Waals surface area contributed by atoms with Crippen LogP contribution in [0.3, 0.4) is 0 Å². The van der Waals surface area contributed by atoms with Gasteiger partial charge in [-0.1, -0.05) is 13.3 Å². The Kier molecular flexibility index (Phi) is 42.8. The molecule has 0 N–H and O–H groups in total. The van der Waals surface area contributed by atoms with Gasteiger partial charge in [0.05, 0.1) is 0 Å². The van der Waals surface area contributed by atoms with Crippen LogP contribution in [-0.4, -0.2) is 0 Å². The summed E-state index contributed by atoms with van der Waals surface area (Å²) in [7, 11) is 0. The molecule has 1 heteroatoms. The molecule has 0 bridgehead atoms. The van der Waals surface area contributed by atoms with E-state index in [1.165, 1.54) is 6.42 Å². The minimum atomic E-state index is 0. The summed E-state index contributed by atoms with van der Waals surface area (Å²) < 4.78 is 0. The second-order valence-electron chi connectivity index (χ2n) is 1.86. The van der Waals surface area contributed by atoms with Crippen molar-refractivity contribution >= 4 is 0 Å². The summed E-state index contributed by atoms with van der Waals surface area (Å²) >= 11 is 0. The van der Waals surface area contributed by atoms with Crippen molar-refractivity contribution in [3.05, 3.63) is 46.1 Å². The Hall–Kier alpha value is 0.350. The van der Waals surface area contributed by atoms with E-state index >= 15 is 0 Å². The van der Waals surface area contributed by atoms with Gasteiger partial charge in [0, 0.05) is 0 Å². The van der Waals surface area contributed by atoms with E-state index < -0.39 is 0 Å². The van der Waals surface area contributed by atoms with E-state index in [2.05, 4.69) is 26.0 Å². The van der Waals surface area contributed by atoms with Crippen molar-refractivity contribution in [1.82, 2.24) is 0 Å². The fourth-order valence-corrected chi connectivity index (χ4v) is 0.340. The third-order valence-corrected chi connectivity index (χ3v) is 0.939. The molecule has 0 atom stereocenters. The topological polar surface area (TPSA) is 0 Å². The normalized spacial score (nSPS) is 9.83. The molecule has 0 unspecified atom stereocenters. The Labute approximate surface area is 97.9 Å². The molecule has 0 heterocycles. The molecule has 0 nitrogen and oxygen atoms in total. The molecule has 1 aliphatic carbocycles. The molecule has 0 aromatic rings. The zero-order valence-corrected chi connectivity index (χ0v) is 12.2. The summed E-state index contributed by atoms with van der Waals surface area (Å²) in [5.41, 5.74) is 0. The predicted octanol–water partition coefficient (Wildman–Crippen LogP) is 3.82. The fraction of sp³-hybridized carbons (Fsp3) is 0.364. The molecular weight excluding hydrogens is 311 g/mol. The number of hydrogen-bond acceptors (Lipinski definition) is 0. The van der Waals surface area contributed by atoms with Gasteiger partial charge in [-0.25, -0.2) is 12.2 Å². The van der Waals surface area contributed by atoms with E-state index in [1.54, 1.807) is 0 Å². The first-order chi connectivity index (χ1) is 4.41. The van der Waals surface area contributed by atoms with Crippen molar-refractivity contribution < 1.29 is 25.8 Å². The first-order valence-electron chi connectivity index (χ1n) is 3.42. The third-order valence-electron chi connectivity index (χ3n) is 0.939. The van der Waals surface area contributed by atoms with Crippen molar-refractivity contribution in [2.75, 3.05) is 0 Å². The van der Waals surface area contributed by atoms with E-state index in [0.29, 0.717) is 0 Å². The van der Waals surface area contributed by atoms with Crippen molar-refractivity contribution in [2.24, 2.45) is 0 Å². The van der Waals surface area contributed by atoms with Crippen molar-refractivity contribution in [3.63, 3.8) is 0 Å². The number of hydrogen-bond donors (Lipinski definition) is 0. The van der Waals surface area contributed by atoms with Gasteiger partial charge in [0.2, 0.25) is 0 Å². The van der Waals surface area contributed by atoms with Gasteiger partial charge in [-0.3, -0.25) is 6.08 Å². The molecule has 0 spiro atoms. The van der Waals surface area contributed by atoms with Crippen molar-refractivity contribution in [3.8, 4) is 0 Å². The predicted molar refractivity (Wildman–Crippen MR) is 54.7 cm³/mol. The average Bonchev–Trinajstić information content (AvgIpc) is 2.43. The van der Waals surface area contributed by atoms with Gasteiger partial charge < -0.3 is 21.8 Å². The van der Waals surface area contributed by atoms with Gasteiger partial charge in [0.25, 0.3) is 0 Å². The molecule has 0 radical (unpaired) electrons. The van der Waals surface area contributed by atoms with Gasteiger partial charge in [0.1, 0.15) is 0 Å². The Bertz CT molecular complexity index is 81.2. The van der Waals surface area contributed by atoms with Crippen LogP contribution in [0.15, 0.2) is 18.2 Å². The summed E-state index contributed by atoms with van der Waals surface area (Å²) in [5, 5.41) is 0. The first-order valence-corrected chi connectivity index (χ1v) is 3.42. The second-order valence-corrected chi connectivity index (χ2v) is 1.86. The third kappa shape index (κ3) is 22.4.